The highest BCUT2D eigenvalue weighted by molar-refractivity contribution is 7.92. The summed E-state index contributed by atoms with van der Waals surface area (Å²) in [5, 5.41) is 2.98. The molecule has 2 aromatic rings. The predicted molar refractivity (Wildman–Crippen MR) is 132 cm³/mol. The molecule has 0 bridgehead atoms. The molecule has 1 heterocycles. The zero-order chi connectivity index (χ0) is 23.8. The second-order valence-corrected chi connectivity index (χ2v) is 10.4. The first-order chi connectivity index (χ1) is 15.8. The molecule has 0 aliphatic carbocycles. The number of anilines is 1. The molecule has 7 nitrogen and oxygen atoms in total. The highest BCUT2D eigenvalue weighted by atomic mass is 32.2. The summed E-state index contributed by atoms with van der Waals surface area (Å²) in [5.41, 5.74) is 2.66. The van der Waals surface area contributed by atoms with Gasteiger partial charge in [-0.3, -0.25) is 14.0 Å². The van der Waals surface area contributed by atoms with Crippen molar-refractivity contribution in [2.45, 2.75) is 51.7 Å². The number of methoxy groups -OCH3 is 1. The van der Waals surface area contributed by atoms with Crippen molar-refractivity contribution in [3.8, 4) is 5.75 Å². The monoisotopic (exact) mass is 473 g/mol. The first-order valence-electron chi connectivity index (χ1n) is 11.5. The van der Waals surface area contributed by atoms with E-state index in [0.29, 0.717) is 24.4 Å². The molecular formula is C25H35N3O4S. The van der Waals surface area contributed by atoms with Crippen LogP contribution in [-0.4, -0.2) is 51.7 Å². The molecule has 1 N–H and O–H groups in total. The van der Waals surface area contributed by atoms with Crippen molar-refractivity contribution in [3.05, 3.63) is 59.7 Å². The van der Waals surface area contributed by atoms with Gasteiger partial charge in [0.1, 0.15) is 11.8 Å². The number of nitrogens with one attached hydrogen (secondary N) is 1. The van der Waals surface area contributed by atoms with Crippen LogP contribution in [0.5, 0.6) is 5.75 Å². The number of sulfonamides is 1. The minimum atomic E-state index is -3.70. The molecule has 1 amide bonds. The predicted octanol–water partition coefficient (Wildman–Crippen LogP) is 3.54. The number of carbonyl (C=O) groups is 1. The molecule has 3 rings (SSSR count). The van der Waals surface area contributed by atoms with Gasteiger partial charge in [-0.1, -0.05) is 43.7 Å². The molecule has 2 aromatic carbocycles. The van der Waals surface area contributed by atoms with Gasteiger partial charge in [-0.2, -0.15) is 0 Å². The van der Waals surface area contributed by atoms with E-state index in [9.17, 15) is 13.2 Å². The van der Waals surface area contributed by atoms with Gasteiger partial charge >= 0.3 is 0 Å². The molecule has 1 aliphatic heterocycles. The summed E-state index contributed by atoms with van der Waals surface area (Å²) in [4.78, 5) is 15.7. The molecule has 0 radical (unpaired) electrons. The Morgan fingerprint density at radius 2 is 1.79 bits per heavy atom. The van der Waals surface area contributed by atoms with Crippen molar-refractivity contribution in [1.82, 2.24) is 10.2 Å². The van der Waals surface area contributed by atoms with Gasteiger partial charge < -0.3 is 10.1 Å². The van der Waals surface area contributed by atoms with Crippen LogP contribution in [0.25, 0.3) is 0 Å². The van der Waals surface area contributed by atoms with Gasteiger partial charge in [-0.25, -0.2) is 8.42 Å². The van der Waals surface area contributed by atoms with Gasteiger partial charge in [0.05, 0.1) is 19.1 Å². The van der Waals surface area contributed by atoms with Gasteiger partial charge in [-0.05, 0) is 55.6 Å². The maximum absolute atomic E-state index is 13.2. The Morgan fingerprint density at radius 1 is 1.09 bits per heavy atom. The molecule has 8 heteroatoms. The summed E-state index contributed by atoms with van der Waals surface area (Å²) in [5.74, 6) is 0.210. The third-order valence-electron chi connectivity index (χ3n) is 6.05. The van der Waals surface area contributed by atoms with E-state index in [1.165, 1.54) is 36.2 Å². The Morgan fingerprint density at radius 3 is 2.42 bits per heavy atom. The van der Waals surface area contributed by atoms with E-state index in [1.54, 1.807) is 24.3 Å². The van der Waals surface area contributed by atoms with Crippen molar-refractivity contribution in [1.29, 1.82) is 0 Å². The van der Waals surface area contributed by atoms with E-state index >= 15 is 0 Å². The molecule has 180 valence electrons. The Bertz CT molecular complexity index is 1040. The minimum Gasteiger partial charge on any atom is -0.497 e. The largest absolute Gasteiger partial charge is 0.497 e. The average molecular weight is 474 g/mol. The van der Waals surface area contributed by atoms with Crippen LogP contribution in [0, 0.1) is 0 Å². The second kappa shape index (κ2) is 11.5. The van der Waals surface area contributed by atoms with E-state index in [4.69, 9.17) is 4.74 Å². The molecule has 1 aliphatic rings. The first-order valence-corrected chi connectivity index (χ1v) is 13.4. The lowest BCUT2D eigenvalue weighted by molar-refractivity contribution is -0.122. The first kappa shape index (κ1) is 25.1. The third-order valence-corrected chi connectivity index (χ3v) is 7.23. The van der Waals surface area contributed by atoms with E-state index in [0.717, 1.165) is 31.5 Å². The fourth-order valence-electron chi connectivity index (χ4n) is 4.35. The fraction of sp³-hybridized carbons (Fsp3) is 0.480. The number of rotatable bonds is 10. The van der Waals surface area contributed by atoms with Crippen molar-refractivity contribution < 1.29 is 17.9 Å². The van der Waals surface area contributed by atoms with Crippen LogP contribution in [0.2, 0.25) is 0 Å². The lowest BCUT2D eigenvalue weighted by atomic mass is 10.0. The van der Waals surface area contributed by atoms with Crippen molar-refractivity contribution >= 4 is 21.6 Å². The quantitative estimate of drug-likeness (QED) is 0.571. The molecule has 0 aromatic heterocycles. The number of likely N-dealkylation sites (tertiary alicyclic amines) is 1. The number of nitrogens with zero attached hydrogens (tertiary/aromatic N) is 2. The third kappa shape index (κ3) is 6.71. The van der Waals surface area contributed by atoms with E-state index < -0.39 is 16.1 Å². The zero-order valence-electron chi connectivity index (χ0n) is 19.8. The Hall–Kier alpha value is -2.58. The summed E-state index contributed by atoms with van der Waals surface area (Å²) >= 11 is 0. The zero-order valence-corrected chi connectivity index (χ0v) is 20.6. The van der Waals surface area contributed by atoms with Crippen LogP contribution in [0.4, 0.5) is 5.69 Å². The SMILES string of the molecule is CC[C@@H](C(=O)NCc1ccccc1CN1CCCCC1)N(c1cccc(OC)c1)S(C)(=O)=O. The molecule has 1 fully saturated rings. The van der Waals surface area contributed by atoms with Gasteiger partial charge in [0.2, 0.25) is 15.9 Å². The van der Waals surface area contributed by atoms with Gasteiger partial charge in [-0.15, -0.1) is 0 Å². The highest BCUT2D eigenvalue weighted by Crippen LogP contribution is 2.26. The van der Waals surface area contributed by atoms with Crippen LogP contribution in [-0.2, 0) is 27.9 Å². The molecule has 0 unspecified atom stereocenters. The van der Waals surface area contributed by atoms with E-state index in [2.05, 4.69) is 16.3 Å². The maximum Gasteiger partial charge on any atom is 0.244 e. The van der Waals surface area contributed by atoms with E-state index in [-0.39, 0.29) is 5.91 Å². The number of amides is 1. The van der Waals surface area contributed by atoms with Crippen molar-refractivity contribution in [3.63, 3.8) is 0 Å². The fourth-order valence-corrected chi connectivity index (χ4v) is 5.55. The lowest BCUT2D eigenvalue weighted by Crippen LogP contribution is -2.49. The van der Waals surface area contributed by atoms with E-state index in [1.807, 2.05) is 25.1 Å². The molecule has 0 spiro atoms. The van der Waals surface area contributed by atoms with Gasteiger partial charge in [0, 0.05) is 19.2 Å². The molecule has 0 saturated carbocycles. The topological polar surface area (TPSA) is 79.0 Å². The number of carbonyl (C=O) groups excluding carboxylic acids is 1. The van der Waals surface area contributed by atoms with Crippen molar-refractivity contribution in [2.75, 3.05) is 30.8 Å². The summed E-state index contributed by atoms with van der Waals surface area (Å²) in [7, 11) is -2.18. The molecule has 1 saturated heterocycles. The summed E-state index contributed by atoms with van der Waals surface area (Å²) < 4.78 is 31.8. The summed E-state index contributed by atoms with van der Waals surface area (Å²) in [6.45, 7) is 5.23. The van der Waals surface area contributed by atoms with Crippen LogP contribution in [0.15, 0.2) is 48.5 Å². The number of ether oxygens (including phenoxy) is 1. The van der Waals surface area contributed by atoms with Crippen LogP contribution in [0.3, 0.4) is 0 Å². The number of piperidine rings is 1. The van der Waals surface area contributed by atoms with Gasteiger partial charge in [0.15, 0.2) is 0 Å². The summed E-state index contributed by atoms with van der Waals surface area (Å²) in [6, 6.07) is 14.0. The smallest absolute Gasteiger partial charge is 0.244 e. The highest BCUT2D eigenvalue weighted by Gasteiger charge is 2.31. The standard InChI is InChI=1S/C25H35N3O4S/c1-4-24(28(33(3,30)31)22-13-10-14-23(17-22)32-2)25(29)26-18-20-11-6-7-12-21(20)19-27-15-8-5-9-16-27/h6-7,10-14,17,24H,4-5,8-9,15-16,18-19H2,1-3H3,(H,26,29)/t24-/m0/s1. The van der Waals surface area contributed by atoms with Crippen LogP contribution < -0.4 is 14.4 Å². The number of hydrogen-bond acceptors (Lipinski definition) is 5. The Balaban J connectivity index is 1.76. The summed E-state index contributed by atoms with van der Waals surface area (Å²) in [6.07, 6.45) is 5.20. The maximum atomic E-state index is 13.2. The second-order valence-electron chi connectivity index (χ2n) is 8.51. The number of hydrogen-bond donors (Lipinski definition) is 1. The molecule has 1 atom stereocenters. The molecule has 33 heavy (non-hydrogen) atoms. The minimum absolute atomic E-state index is 0.321. The lowest BCUT2D eigenvalue weighted by Gasteiger charge is -2.30. The van der Waals surface area contributed by atoms with Crippen LogP contribution >= 0.6 is 0 Å². The average Bonchev–Trinajstić information content (AvgIpc) is 2.81. The normalized spacial score (nSPS) is 15.6. The molecular weight excluding hydrogens is 438 g/mol. The Labute approximate surface area is 197 Å². The Kier molecular flexibility index (Phi) is 8.74. The number of benzene rings is 2. The van der Waals surface area contributed by atoms with Crippen LogP contribution in [0.1, 0.15) is 43.7 Å². The van der Waals surface area contributed by atoms with Gasteiger partial charge in [0.25, 0.3) is 0 Å². The van der Waals surface area contributed by atoms with Crippen molar-refractivity contribution in [2.24, 2.45) is 0 Å².